The molecule has 0 aliphatic carbocycles. The van der Waals surface area contributed by atoms with Gasteiger partial charge in [0.15, 0.2) is 0 Å². The van der Waals surface area contributed by atoms with E-state index in [9.17, 15) is 4.79 Å². The van der Waals surface area contributed by atoms with Crippen LogP contribution in [0.5, 0.6) is 0 Å². The average molecular weight is 604 g/mol. The van der Waals surface area contributed by atoms with Crippen molar-refractivity contribution in [2.75, 3.05) is 0 Å². The van der Waals surface area contributed by atoms with Crippen molar-refractivity contribution in [3.05, 3.63) is 102 Å². The molecule has 3 aromatic heterocycles. The van der Waals surface area contributed by atoms with Crippen LogP contribution in [0.15, 0.2) is 88.3 Å². The predicted molar refractivity (Wildman–Crippen MR) is 142 cm³/mol. The van der Waals surface area contributed by atoms with Crippen molar-refractivity contribution in [2.45, 2.75) is 56.4 Å². The normalized spacial score (nSPS) is 20.3. The number of unbranched alkanes of at least 4 members (excludes halogenated alkanes) is 1. The third-order valence-corrected chi connectivity index (χ3v) is 21.0. The van der Waals surface area contributed by atoms with Crippen LogP contribution >= 0.6 is 0 Å². The molecule has 7 rings (SSSR count). The van der Waals surface area contributed by atoms with E-state index >= 15 is 0 Å². The molecule has 0 saturated heterocycles. The SMILES string of the molecule is CCCCc1cc[n+]2c(c1)-c1ccccc1[I-]1(c3cccc4oc(=O)c5ccc[n+]1c5c34)C2(CC)CC. The summed E-state index contributed by atoms with van der Waals surface area (Å²) >= 11 is -3.42. The molecule has 0 bridgehead atoms. The minimum absolute atomic E-state index is 0.116. The van der Waals surface area contributed by atoms with E-state index in [2.05, 4.69) is 95.1 Å². The molecule has 0 saturated carbocycles. The summed E-state index contributed by atoms with van der Waals surface area (Å²) in [6.07, 6.45) is 10.2. The monoisotopic (exact) mass is 603 g/mol. The van der Waals surface area contributed by atoms with Crippen LogP contribution in [0.25, 0.3) is 33.1 Å². The van der Waals surface area contributed by atoms with Gasteiger partial charge in [-0.3, -0.25) is 0 Å². The fourth-order valence-corrected chi connectivity index (χ4v) is 21.0. The molecule has 2 aliphatic heterocycles. The zero-order chi connectivity index (χ0) is 25.4. The number of aryl methyl sites for hydroxylation is 1. The van der Waals surface area contributed by atoms with Crippen LogP contribution < -0.4 is 31.7 Å². The summed E-state index contributed by atoms with van der Waals surface area (Å²) in [7, 11) is 0. The third-order valence-electron chi connectivity index (χ3n) is 8.46. The van der Waals surface area contributed by atoms with Crippen LogP contribution in [0.3, 0.4) is 0 Å². The van der Waals surface area contributed by atoms with Crippen LogP contribution in [0.4, 0.5) is 0 Å². The van der Waals surface area contributed by atoms with Crippen LogP contribution in [0.2, 0.25) is 0 Å². The van der Waals surface area contributed by atoms with E-state index in [1.54, 1.807) is 0 Å². The molecule has 5 aromatic rings. The van der Waals surface area contributed by atoms with E-state index in [4.69, 9.17) is 4.42 Å². The zero-order valence-electron chi connectivity index (χ0n) is 21.6. The summed E-state index contributed by atoms with van der Waals surface area (Å²) in [6, 6.07) is 24.3. The number of hydrogen-bond acceptors (Lipinski definition) is 2. The first-order valence-electron chi connectivity index (χ1n) is 13.4. The quantitative estimate of drug-likeness (QED) is 0.102. The summed E-state index contributed by atoms with van der Waals surface area (Å²) in [5.74, 6) is 0. The van der Waals surface area contributed by atoms with E-state index in [0.717, 1.165) is 30.2 Å². The number of hydrogen-bond donors (Lipinski definition) is 0. The van der Waals surface area contributed by atoms with Gasteiger partial charge in [-0.1, -0.05) is 0 Å². The van der Waals surface area contributed by atoms with Gasteiger partial charge in [-0.2, -0.15) is 0 Å². The maximum absolute atomic E-state index is 13.1. The van der Waals surface area contributed by atoms with Crippen molar-refractivity contribution in [2.24, 2.45) is 0 Å². The number of halogens is 1. The Labute approximate surface area is 221 Å². The molecule has 2 aliphatic rings. The van der Waals surface area contributed by atoms with E-state index in [1.165, 1.54) is 36.8 Å². The molecular formula is C32H32IN2O2+. The van der Waals surface area contributed by atoms with Crippen LogP contribution in [0.1, 0.15) is 52.0 Å². The van der Waals surface area contributed by atoms with E-state index < -0.39 is 18.7 Å². The summed E-state index contributed by atoms with van der Waals surface area (Å²) in [6.45, 7) is 6.98. The fraction of sp³-hybridized carbons (Fsp3) is 0.281. The van der Waals surface area contributed by atoms with Gasteiger partial charge in [-0.15, -0.1) is 0 Å². The maximum atomic E-state index is 13.1. The third kappa shape index (κ3) is 2.71. The van der Waals surface area contributed by atoms with Crippen LogP contribution in [0, 0.1) is 7.14 Å². The molecule has 0 radical (unpaired) electrons. The predicted octanol–water partition coefficient (Wildman–Crippen LogP) is 2.99. The van der Waals surface area contributed by atoms with E-state index in [-0.39, 0.29) is 9.17 Å². The number of fused-ring (bicyclic) bond motifs is 6. The van der Waals surface area contributed by atoms with Crippen molar-refractivity contribution in [3.63, 3.8) is 0 Å². The molecule has 1 atom stereocenters. The van der Waals surface area contributed by atoms with Gasteiger partial charge in [0.2, 0.25) is 0 Å². The first kappa shape index (κ1) is 23.1. The van der Waals surface area contributed by atoms with Crippen molar-refractivity contribution in [3.8, 4) is 11.3 Å². The summed E-state index contributed by atoms with van der Waals surface area (Å²) in [5.41, 5.74) is 5.59. The number of rotatable bonds is 5. The van der Waals surface area contributed by atoms with E-state index in [1.807, 2.05) is 12.1 Å². The Hall–Kier alpha value is -3.06. The molecule has 188 valence electrons. The van der Waals surface area contributed by atoms with Gasteiger partial charge >= 0.3 is 222 Å². The minimum atomic E-state index is -3.42. The number of pyridine rings is 2. The van der Waals surface area contributed by atoms with E-state index in [0.29, 0.717) is 11.0 Å². The van der Waals surface area contributed by atoms with Gasteiger partial charge in [0.1, 0.15) is 0 Å². The van der Waals surface area contributed by atoms with Gasteiger partial charge in [-0.25, -0.2) is 0 Å². The topological polar surface area (TPSA) is 38.0 Å². The Morgan fingerprint density at radius 2 is 1.70 bits per heavy atom. The Kier molecular flexibility index (Phi) is 5.13. The Balaban J connectivity index is 1.69. The van der Waals surface area contributed by atoms with Gasteiger partial charge in [0, 0.05) is 0 Å². The Morgan fingerprint density at radius 3 is 2.51 bits per heavy atom. The second-order valence-electron chi connectivity index (χ2n) is 10.1. The summed E-state index contributed by atoms with van der Waals surface area (Å²) in [5, 5.41) is 1.83. The molecule has 4 nitrogen and oxygen atoms in total. The van der Waals surface area contributed by atoms with Crippen molar-refractivity contribution in [1.29, 1.82) is 0 Å². The van der Waals surface area contributed by atoms with Gasteiger partial charge in [-0.05, 0) is 0 Å². The first-order valence-corrected chi connectivity index (χ1v) is 17.6. The second kappa shape index (κ2) is 8.22. The van der Waals surface area contributed by atoms with Gasteiger partial charge in [0.05, 0.1) is 0 Å². The fourth-order valence-electron chi connectivity index (χ4n) is 6.81. The molecule has 0 amide bonds. The number of nitrogens with zero attached hydrogens (tertiary/aromatic N) is 2. The summed E-state index contributed by atoms with van der Waals surface area (Å²) < 4.78 is 13.9. The average Bonchev–Trinajstić information content (AvgIpc) is 3.25. The van der Waals surface area contributed by atoms with Crippen molar-refractivity contribution in [1.82, 2.24) is 0 Å². The summed E-state index contributed by atoms with van der Waals surface area (Å²) in [4.78, 5) is 13.1. The second-order valence-corrected chi connectivity index (χ2v) is 18.6. The molecule has 1 spiro atoms. The molecular weight excluding hydrogens is 571 g/mol. The number of benzene rings is 2. The van der Waals surface area contributed by atoms with Crippen LogP contribution in [-0.4, -0.2) is 0 Å². The molecule has 0 fully saturated rings. The molecule has 1 unspecified atom stereocenters. The molecule has 37 heavy (non-hydrogen) atoms. The number of aromatic nitrogens is 2. The van der Waals surface area contributed by atoms with Crippen molar-refractivity contribution < 1.29 is 30.5 Å². The standard InChI is InChI=1S/C32H32IN2O2/c1-4-7-12-22-18-20-34-27(21-22)23-13-8-9-15-25(23)33(32(34,5-2)6-3)26-16-10-17-28-29(26)30-24(31(36)37-28)14-11-19-35(30)33/h8-11,13-21H,4-7,12H2,1-3H3/q+1. The van der Waals surface area contributed by atoms with Gasteiger partial charge < -0.3 is 0 Å². The number of alkyl halides is 1. The molecule has 5 heterocycles. The first-order chi connectivity index (χ1) is 18.1. The molecule has 2 aromatic carbocycles. The molecule has 0 N–H and O–H groups in total. The Bertz CT molecular complexity index is 1790. The Morgan fingerprint density at radius 1 is 0.892 bits per heavy atom. The van der Waals surface area contributed by atoms with Crippen LogP contribution in [-0.2, 0) is 9.97 Å². The van der Waals surface area contributed by atoms with Crippen molar-refractivity contribution >= 4 is 21.9 Å². The zero-order valence-corrected chi connectivity index (χ0v) is 23.8. The van der Waals surface area contributed by atoms with Gasteiger partial charge in [0.25, 0.3) is 0 Å². The molecule has 5 heteroatoms.